The van der Waals surface area contributed by atoms with Crippen LogP contribution in [0.4, 0.5) is 5.69 Å². The van der Waals surface area contributed by atoms with Crippen LogP contribution in [0.1, 0.15) is 25.0 Å². The number of anilines is 1. The summed E-state index contributed by atoms with van der Waals surface area (Å²) in [6.07, 6.45) is 2.75. The average molecular weight is 419 g/mol. The Balaban J connectivity index is 1.63. The number of rotatable bonds is 7. The molecule has 2 aromatic carbocycles. The normalized spacial score (nSPS) is 19.4. The first kappa shape index (κ1) is 21.1. The van der Waals surface area contributed by atoms with Crippen molar-refractivity contribution in [2.45, 2.75) is 32.4 Å². The van der Waals surface area contributed by atoms with Crippen molar-refractivity contribution in [3.8, 4) is 17.1 Å². The molecule has 7 nitrogen and oxygen atoms in total. The number of piperazine rings is 1. The van der Waals surface area contributed by atoms with Crippen molar-refractivity contribution in [2.24, 2.45) is 0 Å². The summed E-state index contributed by atoms with van der Waals surface area (Å²) >= 11 is 0. The van der Waals surface area contributed by atoms with Crippen molar-refractivity contribution in [1.82, 2.24) is 25.5 Å². The van der Waals surface area contributed by atoms with E-state index in [1.807, 2.05) is 24.3 Å². The summed E-state index contributed by atoms with van der Waals surface area (Å²) in [5.41, 5.74) is 4.53. The molecule has 1 aromatic heterocycles. The molecule has 0 aliphatic carbocycles. The van der Waals surface area contributed by atoms with Gasteiger partial charge in [-0.25, -0.2) is 0 Å². The van der Waals surface area contributed by atoms with Crippen LogP contribution < -0.4 is 9.64 Å². The van der Waals surface area contributed by atoms with Crippen molar-refractivity contribution < 1.29 is 4.74 Å². The van der Waals surface area contributed by atoms with Gasteiger partial charge in [-0.2, -0.15) is 5.21 Å². The molecule has 2 atom stereocenters. The summed E-state index contributed by atoms with van der Waals surface area (Å²) in [5.74, 6) is 1.48. The molecule has 0 spiro atoms. The molecule has 1 aliphatic heterocycles. The van der Waals surface area contributed by atoms with E-state index in [0.717, 1.165) is 42.9 Å². The zero-order chi connectivity index (χ0) is 21.8. The van der Waals surface area contributed by atoms with E-state index in [4.69, 9.17) is 4.74 Å². The van der Waals surface area contributed by atoms with E-state index in [1.54, 1.807) is 7.11 Å². The van der Waals surface area contributed by atoms with Crippen molar-refractivity contribution >= 4 is 5.69 Å². The van der Waals surface area contributed by atoms with Crippen molar-refractivity contribution in [2.75, 3.05) is 31.6 Å². The molecule has 0 radical (unpaired) electrons. The highest BCUT2D eigenvalue weighted by atomic mass is 16.5. The Labute approximate surface area is 183 Å². The number of nitrogens with zero attached hydrogens (tertiary/aromatic N) is 5. The fourth-order valence-corrected chi connectivity index (χ4v) is 4.40. The van der Waals surface area contributed by atoms with Gasteiger partial charge in [0, 0.05) is 49.0 Å². The van der Waals surface area contributed by atoms with Gasteiger partial charge in [0.05, 0.1) is 7.11 Å². The van der Waals surface area contributed by atoms with Crippen molar-refractivity contribution in [3.05, 3.63) is 66.2 Å². The van der Waals surface area contributed by atoms with Crippen LogP contribution >= 0.6 is 0 Å². The quantitative estimate of drug-likeness (QED) is 0.592. The third kappa shape index (κ3) is 4.61. The molecule has 162 valence electrons. The molecule has 1 aliphatic rings. The van der Waals surface area contributed by atoms with Gasteiger partial charge < -0.3 is 9.64 Å². The first-order chi connectivity index (χ1) is 15.1. The Morgan fingerprint density at radius 1 is 1.16 bits per heavy atom. The van der Waals surface area contributed by atoms with E-state index < -0.39 is 0 Å². The number of methoxy groups -OCH3 is 1. The van der Waals surface area contributed by atoms with Crippen molar-refractivity contribution in [3.63, 3.8) is 0 Å². The van der Waals surface area contributed by atoms with Gasteiger partial charge in [0.25, 0.3) is 0 Å². The first-order valence-electron chi connectivity index (χ1n) is 10.7. The zero-order valence-electron chi connectivity index (χ0n) is 18.5. The molecule has 0 unspecified atom stereocenters. The average Bonchev–Trinajstić information content (AvgIpc) is 3.31. The highest BCUT2D eigenvalue weighted by molar-refractivity contribution is 5.61. The van der Waals surface area contributed by atoms with Gasteiger partial charge >= 0.3 is 0 Å². The lowest BCUT2D eigenvalue weighted by molar-refractivity contribution is 0.184. The van der Waals surface area contributed by atoms with Crippen LogP contribution in [0.5, 0.6) is 5.75 Å². The number of nitrogens with one attached hydrogen (secondary N) is 1. The molecule has 1 saturated heterocycles. The summed E-state index contributed by atoms with van der Waals surface area (Å²) in [6, 6.07) is 15.6. The molecule has 7 heteroatoms. The molecule has 2 heterocycles. The third-order valence-corrected chi connectivity index (χ3v) is 6.00. The number of aromatic nitrogens is 4. The van der Waals surface area contributed by atoms with Crippen LogP contribution in [0.2, 0.25) is 0 Å². The standard InChI is InChI=1S/C24H30N6O/c1-5-10-29-15-18(3)30(16-17(29)2)21-12-19(13-22(14-21)31-4)11-20-8-6-7-9-23(20)24-25-27-28-26-24/h5-9,12-14,17-18H,1,10-11,15-16H2,2-4H3,(H,25,26,27,28)/t17-,18+/m1/s1. The van der Waals surface area contributed by atoms with E-state index in [-0.39, 0.29) is 0 Å². The molecule has 4 rings (SSSR count). The predicted octanol–water partition coefficient (Wildman–Crippen LogP) is 3.55. The summed E-state index contributed by atoms with van der Waals surface area (Å²) < 4.78 is 5.66. The molecule has 1 N–H and O–H groups in total. The van der Waals surface area contributed by atoms with Gasteiger partial charge in [-0.3, -0.25) is 4.90 Å². The molecular weight excluding hydrogens is 388 g/mol. The highest BCUT2D eigenvalue weighted by Crippen LogP contribution is 2.31. The number of tetrazole rings is 1. The maximum absolute atomic E-state index is 5.66. The number of hydrogen-bond donors (Lipinski definition) is 1. The lowest BCUT2D eigenvalue weighted by Gasteiger charge is -2.45. The molecule has 31 heavy (non-hydrogen) atoms. The van der Waals surface area contributed by atoms with Gasteiger partial charge in [0.2, 0.25) is 5.82 Å². The van der Waals surface area contributed by atoms with E-state index >= 15 is 0 Å². The Kier molecular flexibility index (Phi) is 6.32. The van der Waals surface area contributed by atoms with E-state index in [9.17, 15) is 0 Å². The number of ether oxygens (including phenoxy) is 1. The zero-order valence-corrected chi connectivity index (χ0v) is 18.5. The Bertz CT molecular complexity index is 1020. The summed E-state index contributed by atoms with van der Waals surface area (Å²) in [7, 11) is 1.73. The first-order valence-corrected chi connectivity index (χ1v) is 10.7. The van der Waals surface area contributed by atoms with Gasteiger partial charge in [-0.05, 0) is 48.7 Å². The maximum atomic E-state index is 5.66. The minimum Gasteiger partial charge on any atom is -0.497 e. The number of hydrogen-bond acceptors (Lipinski definition) is 6. The van der Waals surface area contributed by atoms with Gasteiger partial charge in [-0.15, -0.1) is 16.8 Å². The summed E-state index contributed by atoms with van der Waals surface area (Å²) in [6.45, 7) is 11.4. The Hall–Kier alpha value is -3.19. The number of H-pyrrole nitrogens is 1. The van der Waals surface area contributed by atoms with E-state index in [2.05, 4.69) is 75.1 Å². The smallest absolute Gasteiger partial charge is 0.204 e. The lowest BCUT2D eigenvalue weighted by atomic mass is 9.98. The van der Waals surface area contributed by atoms with Crippen LogP contribution in [-0.2, 0) is 6.42 Å². The second-order valence-electron chi connectivity index (χ2n) is 8.20. The van der Waals surface area contributed by atoms with Crippen LogP contribution in [0.15, 0.2) is 55.1 Å². The SMILES string of the molecule is C=CCN1C[C@H](C)N(c2cc(Cc3ccccc3-c3nn[nH]n3)cc(OC)c2)C[C@H]1C. The van der Waals surface area contributed by atoms with Gasteiger partial charge in [0.15, 0.2) is 0 Å². The minimum atomic E-state index is 0.405. The van der Waals surface area contributed by atoms with Crippen LogP contribution in [0, 0.1) is 0 Å². The second kappa shape index (κ2) is 9.31. The van der Waals surface area contributed by atoms with Crippen LogP contribution in [-0.4, -0.2) is 64.4 Å². The minimum absolute atomic E-state index is 0.405. The summed E-state index contributed by atoms with van der Waals surface area (Å²) in [5, 5.41) is 14.6. The molecule has 0 amide bonds. The summed E-state index contributed by atoms with van der Waals surface area (Å²) in [4.78, 5) is 4.97. The fourth-order valence-electron chi connectivity index (χ4n) is 4.40. The largest absolute Gasteiger partial charge is 0.497 e. The van der Waals surface area contributed by atoms with E-state index in [1.165, 1.54) is 11.3 Å². The van der Waals surface area contributed by atoms with Crippen LogP contribution in [0.3, 0.4) is 0 Å². The second-order valence-corrected chi connectivity index (χ2v) is 8.20. The van der Waals surface area contributed by atoms with E-state index in [0.29, 0.717) is 17.9 Å². The lowest BCUT2D eigenvalue weighted by Crippen LogP contribution is -2.56. The third-order valence-electron chi connectivity index (χ3n) is 6.00. The number of aromatic amines is 1. The van der Waals surface area contributed by atoms with Gasteiger partial charge in [0.1, 0.15) is 5.75 Å². The number of benzene rings is 2. The molecule has 0 saturated carbocycles. The van der Waals surface area contributed by atoms with Crippen LogP contribution in [0.25, 0.3) is 11.4 Å². The Morgan fingerprint density at radius 3 is 2.74 bits per heavy atom. The highest BCUT2D eigenvalue weighted by Gasteiger charge is 2.29. The predicted molar refractivity (Wildman–Crippen MR) is 123 cm³/mol. The Morgan fingerprint density at radius 2 is 2.00 bits per heavy atom. The molecule has 3 aromatic rings. The van der Waals surface area contributed by atoms with Gasteiger partial charge in [-0.1, -0.05) is 30.3 Å². The maximum Gasteiger partial charge on any atom is 0.204 e. The molecule has 0 bridgehead atoms. The topological polar surface area (TPSA) is 70.2 Å². The molecular formula is C24H30N6O. The molecule has 1 fully saturated rings. The fraction of sp³-hybridized carbons (Fsp3) is 0.375. The monoisotopic (exact) mass is 418 g/mol. The van der Waals surface area contributed by atoms with Crippen molar-refractivity contribution in [1.29, 1.82) is 0 Å².